The van der Waals surface area contributed by atoms with Crippen LogP contribution in [0.25, 0.3) is 0 Å². The van der Waals surface area contributed by atoms with Crippen LogP contribution in [-0.2, 0) is 4.79 Å². The molecule has 1 aliphatic heterocycles. The van der Waals surface area contributed by atoms with Crippen molar-refractivity contribution in [2.24, 2.45) is 5.73 Å². The van der Waals surface area contributed by atoms with E-state index in [0.717, 1.165) is 16.4 Å². The summed E-state index contributed by atoms with van der Waals surface area (Å²) in [5.41, 5.74) is 4.56. The predicted octanol–water partition coefficient (Wildman–Crippen LogP) is 2.13. The van der Waals surface area contributed by atoms with Crippen LogP contribution in [0.1, 0.15) is 20.3 Å². The van der Waals surface area contributed by atoms with E-state index in [1.54, 1.807) is 11.8 Å². The predicted molar refractivity (Wildman–Crippen MR) is 77.6 cm³/mol. The fraction of sp³-hybridized carbons (Fsp3) is 0.500. The van der Waals surface area contributed by atoms with E-state index < -0.39 is 11.5 Å². The molecule has 1 heterocycles. The molecule has 0 saturated heterocycles. The zero-order valence-electron chi connectivity index (χ0n) is 11.6. The van der Waals surface area contributed by atoms with E-state index in [9.17, 15) is 4.79 Å². The molecule has 1 aliphatic rings. The Labute approximate surface area is 122 Å². The monoisotopic (exact) mass is 297 g/mol. The summed E-state index contributed by atoms with van der Waals surface area (Å²) in [6.07, 6.45) is 0.390. The third kappa shape index (κ3) is 3.58. The first-order valence-electron chi connectivity index (χ1n) is 6.47. The Balaban J connectivity index is 2.01. The topological polar surface area (TPSA) is 81.8 Å². The molecule has 0 aromatic heterocycles. The molecule has 1 aromatic carbocycles. The lowest BCUT2D eigenvalue weighted by Gasteiger charge is -2.24. The Morgan fingerprint density at radius 3 is 2.75 bits per heavy atom. The molecule has 0 radical (unpaired) electrons. The maximum absolute atomic E-state index is 11.0. The van der Waals surface area contributed by atoms with Crippen LogP contribution in [0.15, 0.2) is 23.1 Å². The summed E-state index contributed by atoms with van der Waals surface area (Å²) < 4.78 is 11.0. The van der Waals surface area contributed by atoms with E-state index in [1.807, 2.05) is 25.1 Å². The molecule has 0 spiro atoms. The summed E-state index contributed by atoms with van der Waals surface area (Å²) in [4.78, 5) is 12.0. The number of carbonyl (C=O) groups is 1. The second-order valence-electron chi connectivity index (χ2n) is 5.16. The van der Waals surface area contributed by atoms with Crippen molar-refractivity contribution in [3.8, 4) is 11.5 Å². The maximum atomic E-state index is 11.0. The Morgan fingerprint density at radius 2 is 2.10 bits per heavy atom. The minimum atomic E-state index is -1.21. The highest BCUT2D eigenvalue weighted by Crippen LogP contribution is 2.36. The van der Waals surface area contributed by atoms with Gasteiger partial charge in [-0.3, -0.25) is 4.79 Å². The molecule has 2 atom stereocenters. The third-order valence-electron chi connectivity index (χ3n) is 3.05. The van der Waals surface area contributed by atoms with Crippen molar-refractivity contribution >= 4 is 17.7 Å². The van der Waals surface area contributed by atoms with Crippen LogP contribution in [0, 0.1) is 0 Å². The first kappa shape index (κ1) is 15.0. The van der Waals surface area contributed by atoms with Crippen molar-refractivity contribution in [2.75, 3.05) is 13.2 Å². The number of aliphatic carboxylic acids is 1. The van der Waals surface area contributed by atoms with Gasteiger partial charge in [-0.05, 0) is 31.5 Å². The third-order valence-corrected chi connectivity index (χ3v) is 4.15. The van der Waals surface area contributed by atoms with Crippen LogP contribution >= 0.6 is 11.8 Å². The average Bonchev–Trinajstić information content (AvgIpc) is 2.37. The molecule has 20 heavy (non-hydrogen) atoms. The number of benzene rings is 1. The zero-order valence-corrected chi connectivity index (χ0v) is 12.4. The number of carboxylic acids is 1. The van der Waals surface area contributed by atoms with Gasteiger partial charge in [0.05, 0.1) is 0 Å². The van der Waals surface area contributed by atoms with Gasteiger partial charge in [-0.2, -0.15) is 0 Å². The fourth-order valence-corrected chi connectivity index (χ4v) is 3.27. The second-order valence-corrected chi connectivity index (χ2v) is 6.67. The normalized spacial score (nSPS) is 18.1. The van der Waals surface area contributed by atoms with Crippen molar-refractivity contribution < 1.29 is 19.4 Å². The minimum absolute atomic E-state index is 0.0867. The number of fused-ring (bicyclic) bond motifs is 1. The SMILES string of the molecule is CC(CC(C)(N)C(=O)O)Sc1ccc2c(c1)OCCO2. The molecule has 6 heteroatoms. The van der Waals surface area contributed by atoms with Crippen molar-refractivity contribution in [1.82, 2.24) is 0 Å². The van der Waals surface area contributed by atoms with Gasteiger partial charge in [0, 0.05) is 10.1 Å². The molecular formula is C14H19NO4S. The van der Waals surface area contributed by atoms with Crippen molar-refractivity contribution in [1.29, 1.82) is 0 Å². The lowest BCUT2D eigenvalue weighted by molar-refractivity contribution is -0.142. The van der Waals surface area contributed by atoms with E-state index in [-0.39, 0.29) is 5.25 Å². The summed E-state index contributed by atoms with van der Waals surface area (Å²) >= 11 is 1.58. The van der Waals surface area contributed by atoms with Crippen molar-refractivity contribution in [3.05, 3.63) is 18.2 Å². The molecule has 2 rings (SSSR count). The van der Waals surface area contributed by atoms with Gasteiger partial charge in [0.25, 0.3) is 0 Å². The summed E-state index contributed by atoms with van der Waals surface area (Å²) in [5, 5.41) is 9.13. The molecule has 0 fully saturated rings. The molecule has 110 valence electrons. The molecule has 1 aromatic rings. The largest absolute Gasteiger partial charge is 0.486 e. The van der Waals surface area contributed by atoms with Gasteiger partial charge in [0.15, 0.2) is 11.5 Å². The van der Waals surface area contributed by atoms with Gasteiger partial charge in [0.2, 0.25) is 0 Å². The molecule has 3 N–H and O–H groups in total. The number of thioether (sulfide) groups is 1. The lowest BCUT2D eigenvalue weighted by Crippen LogP contribution is -2.46. The number of rotatable bonds is 5. The molecular weight excluding hydrogens is 278 g/mol. The van der Waals surface area contributed by atoms with Crippen LogP contribution in [0.3, 0.4) is 0 Å². The highest BCUT2D eigenvalue weighted by atomic mass is 32.2. The first-order chi connectivity index (χ1) is 9.38. The van der Waals surface area contributed by atoms with E-state index in [2.05, 4.69) is 0 Å². The second kappa shape index (κ2) is 5.93. The van der Waals surface area contributed by atoms with Crippen LogP contribution in [0.5, 0.6) is 11.5 Å². The Kier molecular flexibility index (Phi) is 4.45. The summed E-state index contributed by atoms with van der Waals surface area (Å²) in [6, 6.07) is 5.75. The summed E-state index contributed by atoms with van der Waals surface area (Å²) in [5.74, 6) is 0.511. The smallest absolute Gasteiger partial charge is 0.323 e. The van der Waals surface area contributed by atoms with Gasteiger partial charge in [-0.25, -0.2) is 0 Å². The Hall–Kier alpha value is -1.40. The van der Waals surface area contributed by atoms with Gasteiger partial charge in [-0.1, -0.05) is 6.92 Å². The minimum Gasteiger partial charge on any atom is -0.486 e. The molecule has 0 bridgehead atoms. The standard InChI is InChI=1S/C14H19NO4S/c1-9(8-14(2,15)13(16)17)20-10-3-4-11-12(7-10)19-6-5-18-11/h3-4,7,9H,5-6,8,15H2,1-2H3,(H,16,17). The average molecular weight is 297 g/mol. The van der Waals surface area contributed by atoms with Gasteiger partial charge in [-0.15, -0.1) is 11.8 Å². The first-order valence-corrected chi connectivity index (χ1v) is 7.35. The number of nitrogens with two attached hydrogens (primary N) is 1. The van der Waals surface area contributed by atoms with Crippen LogP contribution < -0.4 is 15.2 Å². The molecule has 0 saturated carbocycles. The fourth-order valence-electron chi connectivity index (χ4n) is 2.06. The highest BCUT2D eigenvalue weighted by Gasteiger charge is 2.30. The molecule has 2 unspecified atom stereocenters. The van der Waals surface area contributed by atoms with E-state index in [0.29, 0.717) is 19.6 Å². The van der Waals surface area contributed by atoms with Crippen molar-refractivity contribution in [2.45, 2.75) is 36.0 Å². The quantitative estimate of drug-likeness (QED) is 0.810. The molecule has 0 aliphatic carbocycles. The highest BCUT2D eigenvalue weighted by molar-refractivity contribution is 8.00. The van der Waals surface area contributed by atoms with Crippen LogP contribution in [0.4, 0.5) is 0 Å². The Bertz CT molecular complexity index is 504. The number of carboxylic acid groups (broad SMARTS) is 1. The van der Waals surface area contributed by atoms with Gasteiger partial charge >= 0.3 is 5.97 Å². The molecule has 5 nitrogen and oxygen atoms in total. The number of ether oxygens (including phenoxy) is 2. The molecule has 0 amide bonds. The lowest BCUT2D eigenvalue weighted by atomic mass is 9.98. The van der Waals surface area contributed by atoms with Gasteiger partial charge < -0.3 is 20.3 Å². The number of hydrogen-bond acceptors (Lipinski definition) is 5. The number of hydrogen-bond donors (Lipinski definition) is 2. The van der Waals surface area contributed by atoms with Gasteiger partial charge in [0.1, 0.15) is 18.8 Å². The summed E-state index contributed by atoms with van der Waals surface area (Å²) in [6.45, 7) is 4.63. The van der Waals surface area contributed by atoms with Crippen LogP contribution in [0.2, 0.25) is 0 Å². The maximum Gasteiger partial charge on any atom is 0.323 e. The van der Waals surface area contributed by atoms with Crippen molar-refractivity contribution in [3.63, 3.8) is 0 Å². The van der Waals surface area contributed by atoms with E-state index in [1.165, 1.54) is 6.92 Å². The van der Waals surface area contributed by atoms with E-state index >= 15 is 0 Å². The van der Waals surface area contributed by atoms with Crippen LogP contribution in [-0.4, -0.2) is 35.1 Å². The van der Waals surface area contributed by atoms with E-state index in [4.69, 9.17) is 20.3 Å². The summed E-state index contributed by atoms with van der Waals surface area (Å²) in [7, 11) is 0. The zero-order chi connectivity index (χ0) is 14.8. The Morgan fingerprint density at radius 1 is 1.45 bits per heavy atom.